The molecule has 0 saturated carbocycles. The van der Waals surface area contributed by atoms with Crippen molar-refractivity contribution < 1.29 is 5.11 Å². The van der Waals surface area contributed by atoms with E-state index in [9.17, 15) is 5.11 Å². The molecule has 0 aliphatic rings. The molecule has 1 unspecified atom stereocenters. The van der Waals surface area contributed by atoms with Crippen molar-refractivity contribution in [2.45, 2.75) is 13.0 Å². The molecule has 0 amide bonds. The van der Waals surface area contributed by atoms with Crippen LogP contribution in [0.1, 0.15) is 22.9 Å². The minimum Gasteiger partial charge on any atom is -0.505 e. The van der Waals surface area contributed by atoms with E-state index in [2.05, 4.69) is 15.3 Å². The fourth-order valence-electron chi connectivity index (χ4n) is 3.13. The maximum atomic E-state index is 11.0. The number of phenols is 1. The van der Waals surface area contributed by atoms with Crippen molar-refractivity contribution >= 4 is 39.8 Å². The molecule has 2 N–H and O–H groups in total. The topological polar surface area (TPSA) is 58.0 Å². The second-order valence-corrected chi connectivity index (χ2v) is 7.33. The van der Waals surface area contributed by atoms with Gasteiger partial charge in [0.2, 0.25) is 0 Å². The number of hydrogen-bond donors (Lipinski definition) is 2. The van der Waals surface area contributed by atoms with E-state index in [1.165, 1.54) is 0 Å². The number of pyridine rings is 2. The van der Waals surface area contributed by atoms with Gasteiger partial charge in [0, 0.05) is 22.8 Å². The standard InChI is InChI=1S/C22H17Cl2N3O/c1-13-4-7-16(12-26-13)27-20(15-6-9-18(23)19(24)11-15)17-8-5-14-3-2-10-25-21(14)22(17)28/h2-12,20,27-28H,1H3. The molecule has 28 heavy (non-hydrogen) atoms. The molecule has 0 radical (unpaired) electrons. The third-order valence-electron chi connectivity index (χ3n) is 4.59. The molecule has 0 saturated heterocycles. The molecule has 0 bridgehead atoms. The lowest BCUT2D eigenvalue weighted by Gasteiger charge is -2.23. The zero-order valence-electron chi connectivity index (χ0n) is 15.0. The van der Waals surface area contributed by atoms with Crippen LogP contribution in [-0.4, -0.2) is 15.1 Å². The third kappa shape index (κ3) is 3.61. The van der Waals surface area contributed by atoms with Crippen molar-refractivity contribution in [1.29, 1.82) is 0 Å². The number of phenolic OH excluding ortho intramolecular Hbond substituents is 1. The molecule has 140 valence electrons. The molecule has 4 nitrogen and oxygen atoms in total. The van der Waals surface area contributed by atoms with Crippen LogP contribution in [-0.2, 0) is 0 Å². The van der Waals surface area contributed by atoms with Crippen LogP contribution in [0, 0.1) is 6.92 Å². The second-order valence-electron chi connectivity index (χ2n) is 6.52. The van der Waals surface area contributed by atoms with E-state index in [1.54, 1.807) is 24.5 Å². The molecular weight excluding hydrogens is 393 g/mol. The van der Waals surface area contributed by atoms with Crippen LogP contribution < -0.4 is 5.32 Å². The van der Waals surface area contributed by atoms with E-state index in [0.29, 0.717) is 21.1 Å². The summed E-state index contributed by atoms with van der Waals surface area (Å²) in [6.45, 7) is 1.93. The Morgan fingerprint density at radius 2 is 1.82 bits per heavy atom. The number of aromatic hydroxyl groups is 1. The summed E-state index contributed by atoms with van der Waals surface area (Å²) in [5.74, 6) is 0.127. The molecular formula is C22H17Cl2N3O. The highest BCUT2D eigenvalue weighted by Gasteiger charge is 2.21. The van der Waals surface area contributed by atoms with Crippen LogP contribution in [0.4, 0.5) is 5.69 Å². The van der Waals surface area contributed by atoms with Gasteiger partial charge >= 0.3 is 0 Å². The molecule has 2 aromatic heterocycles. The average Bonchev–Trinajstić information content (AvgIpc) is 2.71. The summed E-state index contributed by atoms with van der Waals surface area (Å²) >= 11 is 12.4. The van der Waals surface area contributed by atoms with Crippen molar-refractivity contribution in [3.63, 3.8) is 0 Å². The highest BCUT2D eigenvalue weighted by molar-refractivity contribution is 6.42. The predicted molar refractivity (Wildman–Crippen MR) is 114 cm³/mol. The number of aromatic nitrogens is 2. The van der Waals surface area contributed by atoms with E-state index in [-0.39, 0.29) is 11.8 Å². The molecule has 0 aliphatic heterocycles. The van der Waals surface area contributed by atoms with Gasteiger partial charge in [-0.25, -0.2) is 0 Å². The van der Waals surface area contributed by atoms with Crippen molar-refractivity contribution in [2.24, 2.45) is 0 Å². The second kappa shape index (κ2) is 7.66. The van der Waals surface area contributed by atoms with E-state index in [0.717, 1.165) is 22.3 Å². The molecule has 6 heteroatoms. The number of halogens is 2. The van der Waals surface area contributed by atoms with Gasteiger partial charge in [-0.05, 0) is 42.8 Å². The Hall–Kier alpha value is -2.82. The smallest absolute Gasteiger partial charge is 0.147 e. The van der Waals surface area contributed by atoms with Crippen LogP contribution in [0.5, 0.6) is 5.75 Å². The predicted octanol–water partition coefficient (Wildman–Crippen LogP) is 6.15. The van der Waals surface area contributed by atoms with Gasteiger partial charge in [-0.2, -0.15) is 0 Å². The first-order valence-corrected chi connectivity index (χ1v) is 9.49. The highest BCUT2D eigenvalue weighted by atomic mass is 35.5. The molecule has 0 aliphatic carbocycles. The first kappa shape index (κ1) is 18.5. The summed E-state index contributed by atoms with van der Waals surface area (Å²) in [6.07, 6.45) is 3.42. The van der Waals surface area contributed by atoms with Gasteiger partial charge in [-0.15, -0.1) is 0 Å². The molecule has 1 atom stereocenters. The number of hydrogen-bond acceptors (Lipinski definition) is 4. The maximum Gasteiger partial charge on any atom is 0.147 e. The number of anilines is 1. The van der Waals surface area contributed by atoms with Gasteiger partial charge < -0.3 is 10.4 Å². The zero-order chi connectivity index (χ0) is 19.7. The number of nitrogens with zero attached hydrogens (tertiary/aromatic N) is 2. The van der Waals surface area contributed by atoms with Gasteiger partial charge in [-0.1, -0.05) is 47.5 Å². The molecule has 2 heterocycles. The van der Waals surface area contributed by atoms with Gasteiger partial charge in [0.1, 0.15) is 11.3 Å². The highest BCUT2D eigenvalue weighted by Crippen LogP contribution is 2.37. The monoisotopic (exact) mass is 409 g/mol. The maximum absolute atomic E-state index is 11.0. The molecule has 4 rings (SSSR count). The van der Waals surface area contributed by atoms with E-state index in [4.69, 9.17) is 23.2 Å². The Bertz CT molecular complexity index is 1150. The first-order chi connectivity index (χ1) is 13.5. The third-order valence-corrected chi connectivity index (χ3v) is 5.33. The van der Waals surface area contributed by atoms with Gasteiger partial charge in [0.05, 0.1) is 28.0 Å². The van der Waals surface area contributed by atoms with E-state index >= 15 is 0 Å². The van der Waals surface area contributed by atoms with Gasteiger partial charge in [-0.3, -0.25) is 9.97 Å². The molecule has 0 spiro atoms. The number of rotatable bonds is 4. The van der Waals surface area contributed by atoms with Gasteiger partial charge in [0.25, 0.3) is 0 Å². The van der Waals surface area contributed by atoms with E-state index < -0.39 is 0 Å². The fraction of sp³-hybridized carbons (Fsp3) is 0.0909. The lowest BCUT2D eigenvalue weighted by atomic mass is 9.96. The fourth-order valence-corrected chi connectivity index (χ4v) is 3.44. The summed E-state index contributed by atoms with van der Waals surface area (Å²) in [6, 6.07) is 16.5. The molecule has 2 aromatic carbocycles. The number of fused-ring (bicyclic) bond motifs is 1. The molecule has 0 fully saturated rings. The lowest BCUT2D eigenvalue weighted by molar-refractivity contribution is 0.472. The van der Waals surface area contributed by atoms with Crippen LogP contribution >= 0.6 is 23.2 Å². The SMILES string of the molecule is Cc1ccc(NC(c2ccc(Cl)c(Cl)c2)c2ccc3cccnc3c2O)cn1. The Kier molecular flexibility index (Phi) is 5.07. The van der Waals surface area contributed by atoms with Crippen LogP contribution in [0.3, 0.4) is 0 Å². The van der Waals surface area contributed by atoms with Gasteiger partial charge in [0.15, 0.2) is 0 Å². The number of aryl methyl sites for hydroxylation is 1. The Labute approximate surface area is 172 Å². The Morgan fingerprint density at radius 1 is 0.964 bits per heavy atom. The van der Waals surface area contributed by atoms with Crippen molar-refractivity contribution in [1.82, 2.24) is 9.97 Å². The van der Waals surface area contributed by atoms with Crippen molar-refractivity contribution in [3.8, 4) is 5.75 Å². The lowest BCUT2D eigenvalue weighted by Crippen LogP contribution is -2.13. The Morgan fingerprint density at radius 3 is 2.57 bits per heavy atom. The number of nitrogens with one attached hydrogen (secondary N) is 1. The minimum atomic E-state index is -0.370. The summed E-state index contributed by atoms with van der Waals surface area (Å²) in [4.78, 5) is 8.67. The summed E-state index contributed by atoms with van der Waals surface area (Å²) in [7, 11) is 0. The number of benzene rings is 2. The summed E-state index contributed by atoms with van der Waals surface area (Å²) in [5, 5.41) is 16.2. The quantitative estimate of drug-likeness (QED) is 0.424. The van der Waals surface area contributed by atoms with Crippen LogP contribution in [0.15, 0.2) is 67.0 Å². The van der Waals surface area contributed by atoms with E-state index in [1.807, 2.05) is 49.4 Å². The summed E-state index contributed by atoms with van der Waals surface area (Å²) in [5.41, 5.74) is 3.84. The van der Waals surface area contributed by atoms with Crippen molar-refractivity contribution in [2.75, 3.05) is 5.32 Å². The Balaban J connectivity index is 1.85. The summed E-state index contributed by atoms with van der Waals surface area (Å²) < 4.78 is 0. The van der Waals surface area contributed by atoms with Crippen LogP contribution in [0.25, 0.3) is 10.9 Å². The zero-order valence-corrected chi connectivity index (χ0v) is 16.5. The minimum absolute atomic E-state index is 0.127. The average molecular weight is 410 g/mol. The largest absolute Gasteiger partial charge is 0.505 e. The first-order valence-electron chi connectivity index (χ1n) is 8.73. The van der Waals surface area contributed by atoms with Crippen LogP contribution in [0.2, 0.25) is 10.0 Å². The normalized spacial score (nSPS) is 12.1. The van der Waals surface area contributed by atoms with Crippen molar-refractivity contribution in [3.05, 3.63) is 93.9 Å². The molecule has 4 aromatic rings.